The molecule has 0 saturated carbocycles. The zero-order valence-electron chi connectivity index (χ0n) is 6.80. The lowest BCUT2D eigenvalue weighted by molar-refractivity contribution is -0.150. The smallest absolute Gasteiger partial charge is 0.347 e. The maximum Gasteiger partial charge on any atom is 0.347 e. The van der Waals surface area contributed by atoms with E-state index in [4.69, 9.17) is 9.94 Å². The zero-order valence-corrected chi connectivity index (χ0v) is 6.80. The van der Waals surface area contributed by atoms with Crippen LogP contribution in [0.4, 0.5) is 0 Å². The molecule has 0 aromatic carbocycles. The molecule has 0 amide bonds. The van der Waals surface area contributed by atoms with Crippen LogP contribution in [-0.2, 0) is 4.79 Å². The van der Waals surface area contributed by atoms with Gasteiger partial charge in [0.25, 0.3) is 0 Å². The Morgan fingerprint density at radius 1 is 1.58 bits per heavy atom. The Hall–Kier alpha value is -1.45. The molecule has 0 saturated heterocycles. The first-order valence-electron chi connectivity index (χ1n) is 3.77. The van der Waals surface area contributed by atoms with Crippen molar-refractivity contribution >= 4 is 5.97 Å². The van der Waals surface area contributed by atoms with Crippen molar-refractivity contribution in [3.63, 3.8) is 0 Å². The summed E-state index contributed by atoms with van der Waals surface area (Å²) in [6.45, 7) is 1.77. The Balaban J connectivity index is 2.54. The highest BCUT2D eigenvalue weighted by Gasteiger charge is 2.16. The molecule has 1 rings (SSSR count). The third-order valence-corrected chi connectivity index (χ3v) is 1.47. The van der Waals surface area contributed by atoms with Crippen molar-refractivity contribution in [1.82, 2.24) is 4.73 Å². The van der Waals surface area contributed by atoms with Gasteiger partial charge in [-0.1, -0.05) is 6.92 Å². The first-order valence-corrected chi connectivity index (χ1v) is 3.77. The minimum Gasteiger partial charge on any atom is -0.478 e. The van der Waals surface area contributed by atoms with Crippen LogP contribution in [0.25, 0.3) is 0 Å². The van der Waals surface area contributed by atoms with Gasteiger partial charge in [-0.25, -0.2) is 4.79 Å². The summed E-state index contributed by atoms with van der Waals surface area (Å²) in [5.74, 6) is -0.939. The van der Waals surface area contributed by atoms with Crippen molar-refractivity contribution in [2.24, 2.45) is 0 Å². The molecule has 1 N–H and O–H groups in total. The van der Waals surface area contributed by atoms with E-state index in [0.717, 1.165) is 0 Å². The fourth-order valence-corrected chi connectivity index (χ4v) is 0.830. The summed E-state index contributed by atoms with van der Waals surface area (Å²) in [5, 5.41) is 8.63. The van der Waals surface area contributed by atoms with E-state index in [1.165, 1.54) is 4.73 Å². The van der Waals surface area contributed by atoms with E-state index in [-0.39, 0.29) is 0 Å². The minimum atomic E-state index is -0.939. The highest BCUT2D eigenvalue weighted by atomic mass is 16.7. The van der Waals surface area contributed by atoms with Crippen LogP contribution in [0.5, 0.6) is 0 Å². The topological polar surface area (TPSA) is 51.5 Å². The van der Waals surface area contributed by atoms with Gasteiger partial charge in [0, 0.05) is 12.4 Å². The third-order valence-electron chi connectivity index (χ3n) is 1.47. The molecule has 0 aliphatic rings. The summed E-state index contributed by atoms with van der Waals surface area (Å²) in [4.78, 5) is 15.6. The van der Waals surface area contributed by atoms with Crippen molar-refractivity contribution in [1.29, 1.82) is 0 Å². The minimum absolute atomic E-state index is 0.452. The number of rotatable bonds is 4. The van der Waals surface area contributed by atoms with Gasteiger partial charge < -0.3 is 9.94 Å². The monoisotopic (exact) mass is 169 g/mol. The molecule has 0 bridgehead atoms. The van der Waals surface area contributed by atoms with Crippen LogP contribution >= 0.6 is 0 Å². The van der Waals surface area contributed by atoms with Gasteiger partial charge in [-0.05, 0) is 18.6 Å². The van der Waals surface area contributed by atoms with E-state index < -0.39 is 12.1 Å². The van der Waals surface area contributed by atoms with Crippen LogP contribution in [-0.4, -0.2) is 21.9 Å². The zero-order chi connectivity index (χ0) is 8.97. The summed E-state index contributed by atoms with van der Waals surface area (Å²) < 4.78 is 1.39. The average molecular weight is 169 g/mol. The molecular weight excluding hydrogens is 158 g/mol. The van der Waals surface area contributed by atoms with Gasteiger partial charge in [0.05, 0.1) is 0 Å². The van der Waals surface area contributed by atoms with Crippen molar-refractivity contribution in [2.75, 3.05) is 0 Å². The molecule has 0 aliphatic heterocycles. The quantitative estimate of drug-likeness (QED) is 0.724. The predicted octanol–water partition coefficient (Wildman–Crippen LogP) is 0.780. The van der Waals surface area contributed by atoms with Crippen LogP contribution in [0.2, 0.25) is 0 Å². The predicted molar refractivity (Wildman–Crippen MR) is 42.7 cm³/mol. The fourth-order valence-electron chi connectivity index (χ4n) is 0.830. The Kier molecular flexibility index (Phi) is 2.74. The molecule has 0 fully saturated rings. The molecule has 1 aromatic heterocycles. The molecular formula is C8H11NO3. The summed E-state index contributed by atoms with van der Waals surface area (Å²) in [6.07, 6.45) is 3.00. The number of nitrogens with zero attached hydrogens (tertiary/aromatic N) is 1. The van der Waals surface area contributed by atoms with Gasteiger partial charge in [0.2, 0.25) is 6.10 Å². The lowest BCUT2D eigenvalue weighted by Gasteiger charge is -2.12. The molecule has 1 heterocycles. The maximum atomic E-state index is 10.5. The molecule has 4 heteroatoms. The van der Waals surface area contributed by atoms with Crippen molar-refractivity contribution in [2.45, 2.75) is 19.4 Å². The highest BCUT2D eigenvalue weighted by molar-refractivity contribution is 5.72. The standard InChI is InChI=1S/C8H11NO3/c1-2-7(8(10)11)12-9-5-3-4-6-9/h3-7H,2H2,1H3,(H,10,11). The van der Waals surface area contributed by atoms with Gasteiger partial charge >= 0.3 is 5.97 Å². The molecule has 12 heavy (non-hydrogen) atoms. The van der Waals surface area contributed by atoms with Crippen molar-refractivity contribution in [3.05, 3.63) is 24.5 Å². The van der Waals surface area contributed by atoms with E-state index in [0.29, 0.717) is 6.42 Å². The van der Waals surface area contributed by atoms with E-state index in [9.17, 15) is 4.79 Å². The molecule has 0 radical (unpaired) electrons. The molecule has 1 atom stereocenters. The molecule has 0 spiro atoms. The SMILES string of the molecule is CCC(On1cccc1)C(=O)O. The van der Waals surface area contributed by atoms with E-state index in [2.05, 4.69) is 0 Å². The number of carbonyl (C=O) groups is 1. The van der Waals surface area contributed by atoms with Crippen LogP contribution in [0.3, 0.4) is 0 Å². The second-order valence-corrected chi connectivity index (χ2v) is 2.38. The fraction of sp³-hybridized carbons (Fsp3) is 0.375. The van der Waals surface area contributed by atoms with Gasteiger partial charge in [-0.3, -0.25) is 0 Å². The van der Waals surface area contributed by atoms with Gasteiger partial charge in [0.15, 0.2) is 0 Å². The number of aliphatic carboxylic acids is 1. The van der Waals surface area contributed by atoms with Crippen LogP contribution in [0, 0.1) is 0 Å². The van der Waals surface area contributed by atoms with Gasteiger partial charge in [-0.2, -0.15) is 4.73 Å². The van der Waals surface area contributed by atoms with E-state index >= 15 is 0 Å². The van der Waals surface area contributed by atoms with E-state index in [1.54, 1.807) is 31.5 Å². The average Bonchev–Trinajstić information content (AvgIpc) is 2.51. The van der Waals surface area contributed by atoms with E-state index in [1.807, 2.05) is 0 Å². The number of hydrogen-bond donors (Lipinski definition) is 1. The lowest BCUT2D eigenvalue weighted by atomic mass is 10.3. The maximum absolute atomic E-state index is 10.5. The lowest BCUT2D eigenvalue weighted by Crippen LogP contribution is -2.31. The summed E-state index contributed by atoms with van der Waals surface area (Å²) in [5.41, 5.74) is 0. The molecule has 4 nitrogen and oxygen atoms in total. The van der Waals surface area contributed by atoms with Crippen molar-refractivity contribution < 1.29 is 14.7 Å². The Bertz CT molecular complexity index is 243. The normalized spacial score (nSPS) is 12.4. The van der Waals surface area contributed by atoms with Crippen LogP contribution < -0.4 is 4.84 Å². The van der Waals surface area contributed by atoms with Crippen LogP contribution in [0.1, 0.15) is 13.3 Å². The second-order valence-electron chi connectivity index (χ2n) is 2.38. The molecule has 1 unspecified atom stereocenters. The summed E-state index contributed by atoms with van der Waals surface area (Å²) in [6, 6.07) is 3.54. The molecule has 1 aromatic rings. The highest BCUT2D eigenvalue weighted by Crippen LogP contribution is 1.95. The largest absolute Gasteiger partial charge is 0.478 e. The first-order chi connectivity index (χ1) is 5.74. The number of carboxylic acids is 1. The number of hydrogen-bond acceptors (Lipinski definition) is 2. The Labute approximate surface area is 70.3 Å². The second kappa shape index (κ2) is 3.80. The Morgan fingerprint density at radius 2 is 2.17 bits per heavy atom. The van der Waals surface area contributed by atoms with Gasteiger partial charge in [0.1, 0.15) is 0 Å². The molecule has 0 aliphatic carbocycles. The third kappa shape index (κ3) is 2.02. The number of aromatic nitrogens is 1. The van der Waals surface area contributed by atoms with Crippen molar-refractivity contribution in [3.8, 4) is 0 Å². The molecule has 66 valence electrons. The Morgan fingerprint density at radius 3 is 2.58 bits per heavy atom. The number of carboxylic acid groups (broad SMARTS) is 1. The first kappa shape index (κ1) is 8.64. The van der Waals surface area contributed by atoms with Crippen LogP contribution in [0.15, 0.2) is 24.5 Å². The summed E-state index contributed by atoms with van der Waals surface area (Å²) >= 11 is 0. The van der Waals surface area contributed by atoms with Gasteiger partial charge in [-0.15, -0.1) is 0 Å². The summed E-state index contributed by atoms with van der Waals surface area (Å²) in [7, 11) is 0.